The number of anilines is 2. The van der Waals surface area contributed by atoms with Crippen molar-refractivity contribution in [3.8, 4) is 0 Å². The molecule has 0 saturated carbocycles. The van der Waals surface area contributed by atoms with Crippen LogP contribution in [0.15, 0.2) is 4.79 Å². The predicted molar refractivity (Wildman–Crippen MR) is 45.1 cm³/mol. The Kier molecular flexibility index (Phi) is 2.43. The van der Waals surface area contributed by atoms with Crippen molar-refractivity contribution in [3.05, 3.63) is 10.5 Å². The summed E-state index contributed by atoms with van der Waals surface area (Å²) in [6, 6.07) is -0.523. The normalized spacial score (nSPS) is 9.31. The van der Waals surface area contributed by atoms with Gasteiger partial charge in [0.15, 0.2) is 0 Å². The van der Waals surface area contributed by atoms with Gasteiger partial charge in [0.25, 0.3) is 0 Å². The van der Waals surface area contributed by atoms with Crippen molar-refractivity contribution < 1.29 is 4.79 Å². The Labute approximate surface area is 72.6 Å². The van der Waals surface area contributed by atoms with Crippen LogP contribution in [0.25, 0.3) is 0 Å². The predicted octanol–water partition coefficient (Wildman–Crippen LogP) is -1.50. The number of aromatic amines is 1. The number of nitrogens with one attached hydrogen (secondary N) is 3. The molecule has 0 aromatic carbocycles. The molecule has 0 aliphatic carbocycles. The number of amides is 2. The first-order valence-electron chi connectivity index (χ1n) is 3.34. The summed E-state index contributed by atoms with van der Waals surface area (Å²) in [5.41, 5.74) is 4.53. The maximum Gasteiger partial charge on any atom is 0.350 e. The van der Waals surface area contributed by atoms with Crippen LogP contribution in [-0.2, 0) is 0 Å². The lowest BCUT2D eigenvalue weighted by Gasteiger charge is -2.01. The lowest BCUT2D eigenvalue weighted by atomic mass is 10.8. The zero-order valence-corrected chi connectivity index (χ0v) is 6.79. The third-order valence-electron chi connectivity index (χ3n) is 1.12. The van der Waals surface area contributed by atoms with E-state index in [0.717, 1.165) is 0 Å². The fraction of sp³-hybridized carbons (Fsp3) is 0.200. The molecule has 0 atom stereocenters. The van der Waals surface area contributed by atoms with Crippen LogP contribution in [-0.4, -0.2) is 28.0 Å². The second kappa shape index (κ2) is 3.52. The SMILES string of the molecule is CNC(=O)Nc1nc(N)[nH]c(=O)n1. The van der Waals surface area contributed by atoms with E-state index in [9.17, 15) is 9.59 Å². The maximum atomic E-state index is 10.7. The Hall–Kier alpha value is -2.12. The first-order valence-corrected chi connectivity index (χ1v) is 3.34. The summed E-state index contributed by atoms with van der Waals surface area (Å²) in [6.07, 6.45) is 0. The van der Waals surface area contributed by atoms with Gasteiger partial charge in [0, 0.05) is 7.05 Å². The van der Waals surface area contributed by atoms with Gasteiger partial charge in [-0.05, 0) is 0 Å². The van der Waals surface area contributed by atoms with Crippen LogP contribution in [0.4, 0.5) is 16.7 Å². The standard InChI is InChI=1S/C5H8N6O2/c1-7-4(12)10-3-8-2(6)9-5(13)11-3/h1H3,(H5,6,7,8,9,10,11,12,13). The number of hydrogen-bond acceptors (Lipinski definition) is 5. The largest absolute Gasteiger partial charge is 0.369 e. The van der Waals surface area contributed by atoms with Crippen molar-refractivity contribution in [2.24, 2.45) is 0 Å². The Morgan fingerprint density at radius 2 is 2.23 bits per heavy atom. The zero-order chi connectivity index (χ0) is 9.84. The molecule has 13 heavy (non-hydrogen) atoms. The molecule has 8 nitrogen and oxygen atoms in total. The molecule has 0 unspecified atom stereocenters. The quantitative estimate of drug-likeness (QED) is 0.422. The molecule has 0 radical (unpaired) electrons. The highest BCUT2D eigenvalue weighted by molar-refractivity contribution is 5.87. The van der Waals surface area contributed by atoms with Gasteiger partial charge in [-0.25, -0.2) is 9.59 Å². The van der Waals surface area contributed by atoms with Crippen LogP contribution < -0.4 is 22.1 Å². The van der Waals surface area contributed by atoms with Gasteiger partial charge in [-0.15, -0.1) is 0 Å². The van der Waals surface area contributed by atoms with E-state index in [2.05, 4.69) is 25.6 Å². The van der Waals surface area contributed by atoms with Gasteiger partial charge in [0.2, 0.25) is 11.9 Å². The van der Waals surface area contributed by atoms with Crippen molar-refractivity contribution in [2.75, 3.05) is 18.1 Å². The van der Waals surface area contributed by atoms with Crippen LogP contribution in [0.3, 0.4) is 0 Å². The molecule has 0 spiro atoms. The topological polar surface area (TPSA) is 126 Å². The lowest BCUT2D eigenvalue weighted by Crippen LogP contribution is -2.27. The minimum atomic E-state index is -0.668. The highest BCUT2D eigenvalue weighted by Crippen LogP contribution is 1.93. The van der Waals surface area contributed by atoms with E-state index in [1.54, 1.807) is 0 Å². The number of aromatic nitrogens is 3. The highest BCUT2D eigenvalue weighted by atomic mass is 16.2. The average molecular weight is 184 g/mol. The number of H-pyrrole nitrogens is 1. The smallest absolute Gasteiger partial charge is 0.350 e. The summed E-state index contributed by atoms with van der Waals surface area (Å²) >= 11 is 0. The van der Waals surface area contributed by atoms with E-state index < -0.39 is 11.7 Å². The molecule has 0 fully saturated rings. The Bertz CT molecular complexity index is 372. The second-order valence-electron chi connectivity index (χ2n) is 2.07. The molecular weight excluding hydrogens is 176 g/mol. The summed E-state index contributed by atoms with van der Waals surface area (Å²) in [7, 11) is 1.42. The molecular formula is C5H8N6O2. The number of hydrogen-bond donors (Lipinski definition) is 4. The second-order valence-corrected chi connectivity index (χ2v) is 2.07. The highest BCUT2D eigenvalue weighted by Gasteiger charge is 2.02. The number of nitrogens with zero attached hydrogens (tertiary/aromatic N) is 2. The van der Waals surface area contributed by atoms with Gasteiger partial charge in [0.05, 0.1) is 0 Å². The minimum Gasteiger partial charge on any atom is -0.369 e. The molecule has 5 N–H and O–H groups in total. The molecule has 8 heteroatoms. The maximum absolute atomic E-state index is 10.7. The van der Waals surface area contributed by atoms with Crippen molar-refractivity contribution in [1.82, 2.24) is 20.3 Å². The third kappa shape index (κ3) is 2.43. The van der Waals surface area contributed by atoms with Gasteiger partial charge in [-0.2, -0.15) is 9.97 Å². The Balaban J connectivity index is 2.89. The van der Waals surface area contributed by atoms with Gasteiger partial charge < -0.3 is 11.1 Å². The van der Waals surface area contributed by atoms with E-state index in [4.69, 9.17) is 5.73 Å². The third-order valence-corrected chi connectivity index (χ3v) is 1.12. The van der Waals surface area contributed by atoms with Gasteiger partial charge in [-0.3, -0.25) is 10.3 Å². The number of nitrogen functional groups attached to an aromatic ring is 1. The Morgan fingerprint density at radius 3 is 2.77 bits per heavy atom. The fourth-order valence-corrected chi connectivity index (χ4v) is 0.621. The molecule has 70 valence electrons. The summed E-state index contributed by atoms with van der Waals surface area (Å²) in [5, 5.41) is 4.47. The van der Waals surface area contributed by atoms with Gasteiger partial charge >= 0.3 is 11.7 Å². The van der Waals surface area contributed by atoms with Crippen LogP contribution in [0.2, 0.25) is 0 Å². The molecule has 1 heterocycles. The van der Waals surface area contributed by atoms with E-state index in [-0.39, 0.29) is 11.9 Å². The number of nitrogens with two attached hydrogens (primary N) is 1. The number of rotatable bonds is 1. The van der Waals surface area contributed by atoms with Crippen LogP contribution >= 0.6 is 0 Å². The average Bonchev–Trinajstić information content (AvgIpc) is 2.02. The molecule has 0 aliphatic heterocycles. The first-order chi connectivity index (χ1) is 6.11. The minimum absolute atomic E-state index is 0.105. The van der Waals surface area contributed by atoms with Crippen LogP contribution in [0.5, 0.6) is 0 Å². The molecule has 0 aliphatic rings. The molecule has 0 bridgehead atoms. The van der Waals surface area contributed by atoms with E-state index in [0.29, 0.717) is 0 Å². The zero-order valence-electron chi connectivity index (χ0n) is 6.79. The van der Waals surface area contributed by atoms with Crippen molar-refractivity contribution >= 4 is 17.9 Å². The summed E-state index contributed by atoms with van der Waals surface area (Å²) < 4.78 is 0. The van der Waals surface area contributed by atoms with E-state index >= 15 is 0 Å². The summed E-state index contributed by atoms with van der Waals surface area (Å²) in [6.45, 7) is 0. The van der Waals surface area contributed by atoms with Crippen molar-refractivity contribution in [2.45, 2.75) is 0 Å². The Morgan fingerprint density at radius 1 is 1.54 bits per heavy atom. The lowest BCUT2D eigenvalue weighted by molar-refractivity contribution is 0.254. The molecule has 2 amide bonds. The van der Waals surface area contributed by atoms with Crippen molar-refractivity contribution in [1.29, 1.82) is 0 Å². The number of carbonyl (C=O) groups excluding carboxylic acids is 1. The van der Waals surface area contributed by atoms with E-state index in [1.165, 1.54) is 7.05 Å². The van der Waals surface area contributed by atoms with Crippen molar-refractivity contribution in [3.63, 3.8) is 0 Å². The van der Waals surface area contributed by atoms with Crippen LogP contribution in [0, 0.1) is 0 Å². The molecule has 0 saturated heterocycles. The number of urea groups is 1. The molecule has 1 aromatic heterocycles. The number of carbonyl (C=O) groups is 1. The molecule has 1 aromatic rings. The van der Waals surface area contributed by atoms with Crippen LogP contribution in [0.1, 0.15) is 0 Å². The van der Waals surface area contributed by atoms with E-state index in [1.807, 2.05) is 0 Å². The molecule has 1 rings (SSSR count). The van der Waals surface area contributed by atoms with Gasteiger partial charge in [0.1, 0.15) is 0 Å². The summed E-state index contributed by atoms with van der Waals surface area (Å²) in [4.78, 5) is 30.5. The monoisotopic (exact) mass is 184 g/mol. The first kappa shape index (κ1) is 8.97. The summed E-state index contributed by atoms with van der Waals surface area (Å²) in [5.74, 6) is -0.244. The van der Waals surface area contributed by atoms with Gasteiger partial charge in [-0.1, -0.05) is 0 Å². The fourth-order valence-electron chi connectivity index (χ4n) is 0.621.